The van der Waals surface area contributed by atoms with Crippen LogP contribution in [0, 0.1) is 0 Å². The van der Waals surface area contributed by atoms with Gasteiger partial charge < -0.3 is 14.9 Å². The molecule has 82 valence electrons. The van der Waals surface area contributed by atoms with Crippen molar-refractivity contribution in [1.82, 2.24) is 0 Å². The van der Waals surface area contributed by atoms with Crippen molar-refractivity contribution in [2.75, 3.05) is 0 Å². The molecule has 1 unspecified atom stereocenters. The lowest BCUT2D eigenvalue weighted by molar-refractivity contribution is -0.145. The van der Waals surface area contributed by atoms with Gasteiger partial charge in [-0.05, 0) is 24.1 Å². The van der Waals surface area contributed by atoms with E-state index in [9.17, 15) is 4.79 Å². The van der Waals surface area contributed by atoms with Gasteiger partial charge in [0.2, 0.25) is 0 Å². The highest BCUT2D eigenvalue weighted by atomic mass is 16.5. The summed E-state index contributed by atoms with van der Waals surface area (Å²) in [6.45, 7) is 1.72. The smallest absolute Gasteiger partial charge is 0.344 e. The van der Waals surface area contributed by atoms with Gasteiger partial charge in [0.05, 0.1) is 6.61 Å². The number of carboxylic acid groups (broad SMARTS) is 1. The van der Waals surface area contributed by atoms with Crippen molar-refractivity contribution in [2.45, 2.75) is 26.1 Å². The molecule has 1 atom stereocenters. The molecule has 0 aromatic heterocycles. The van der Waals surface area contributed by atoms with Crippen molar-refractivity contribution < 1.29 is 19.7 Å². The normalized spacial score (nSPS) is 12.1. The van der Waals surface area contributed by atoms with Crippen molar-refractivity contribution in [3.63, 3.8) is 0 Å². The van der Waals surface area contributed by atoms with Crippen molar-refractivity contribution in [3.8, 4) is 5.75 Å². The highest BCUT2D eigenvalue weighted by Crippen LogP contribution is 2.15. The van der Waals surface area contributed by atoms with Crippen LogP contribution in [0.4, 0.5) is 0 Å². The molecule has 0 saturated carbocycles. The first kappa shape index (κ1) is 11.5. The SMILES string of the molecule is CCC(Oc1ccc(CO)cc1)C(=O)O. The van der Waals surface area contributed by atoms with Crippen LogP contribution in [0.1, 0.15) is 18.9 Å². The summed E-state index contributed by atoms with van der Waals surface area (Å²) in [6.07, 6.45) is -0.401. The summed E-state index contributed by atoms with van der Waals surface area (Å²) in [5, 5.41) is 17.6. The third-order valence-electron chi connectivity index (χ3n) is 2.03. The second-order valence-corrected chi connectivity index (χ2v) is 3.16. The summed E-state index contributed by atoms with van der Waals surface area (Å²) in [5.74, 6) is -0.467. The van der Waals surface area contributed by atoms with E-state index in [0.717, 1.165) is 5.56 Å². The molecule has 2 N–H and O–H groups in total. The topological polar surface area (TPSA) is 66.8 Å². The summed E-state index contributed by atoms with van der Waals surface area (Å²) in [4.78, 5) is 10.7. The molecule has 0 fully saturated rings. The van der Waals surface area contributed by atoms with Gasteiger partial charge in [-0.25, -0.2) is 4.79 Å². The van der Waals surface area contributed by atoms with E-state index in [4.69, 9.17) is 14.9 Å². The van der Waals surface area contributed by atoms with Gasteiger partial charge in [-0.3, -0.25) is 0 Å². The Morgan fingerprint density at radius 2 is 2.00 bits per heavy atom. The minimum atomic E-state index is -0.969. The van der Waals surface area contributed by atoms with Gasteiger partial charge in [-0.1, -0.05) is 19.1 Å². The van der Waals surface area contributed by atoms with E-state index < -0.39 is 12.1 Å². The largest absolute Gasteiger partial charge is 0.479 e. The summed E-state index contributed by atoms with van der Waals surface area (Å²) in [5.41, 5.74) is 0.769. The van der Waals surface area contributed by atoms with Crippen LogP contribution in [0.2, 0.25) is 0 Å². The third-order valence-corrected chi connectivity index (χ3v) is 2.03. The molecule has 1 aromatic rings. The van der Waals surface area contributed by atoms with E-state index in [-0.39, 0.29) is 6.61 Å². The van der Waals surface area contributed by atoms with Crippen molar-refractivity contribution in [2.24, 2.45) is 0 Å². The highest BCUT2D eigenvalue weighted by molar-refractivity contribution is 5.72. The van der Waals surface area contributed by atoms with E-state index in [1.165, 1.54) is 0 Å². The lowest BCUT2D eigenvalue weighted by Crippen LogP contribution is -2.25. The zero-order chi connectivity index (χ0) is 11.3. The Morgan fingerprint density at radius 3 is 2.40 bits per heavy atom. The third kappa shape index (κ3) is 3.25. The van der Waals surface area contributed by atoms with Crippen molar-refractivity contribution in [3.05, 3.63) is 29.8 Å². The average molecular weight is 210 g/mol. The van der Waals surface area contributed by atoms with Crippen LogP contribution in [-0.2, 0) is 11.4 Å². The molecule has 1 aromatic carbocycles. The molecule has 4 nitrogen and oxygen atoms in total. The Bertz CT molecular complexity index is 318. The van der Waals surface area contributed by atoms with Crippen molar-refractivity contribution in [1.29, 1.82) is 0 Å². The van der Waals surface area contributed by atoms with Crippen LogP contribution < -0.4 is 4.74 Å². The molecule has 0 spiro atoms. The summed E-state index contributed by atoms with van der Waals surface area (Å²) < 4.78 is 5.24. The van der Waals surface area contributed by atoms with Gasteiger partial charge in [0, 0.05) is 0 Å². The number of benzene rings is 1. The second kappa shape index (κ2) is 5.36. The fraction of sp³-hybridized carbons (Fsp3) is 0.364. The molecule has 1 rings (SSSR count). The van der Waals surface area contributed by atoms with Crippen LogP contribution >= 0.6 is 0 Å². The number of rotatable bonds is 5. The van der Waals surface area contributed by atoms with E-state index >= 15 is 0 Å². The number of carboxylic acids is 1. The molecular formula is C11H14O4. The second-order valence-electron chi connectivity index (χ2n) is 3.16. The fourth-order valence-electron chi connectivity index (χ4n) is 1.15. The molecule has 0 amide bonds. The van der Waals surface area contributed by atoms with Crippen molar-refractivity contribution >= 4 is 5.97 Å². The number of ether oxygens (including phenoxy) is 1. The molecule has 0 bridgehead atoms. The van der Waals surface area contributed by atoms with Crippen LogP contribution in [0.25, 0.3) is 0 Å². The van der Waals surface area contributed by atoms with E-state index in [1.54, 1.807) is 31.2 Å². The minimum absolute atomic E-state index is 0.0313. The van der Waals surface area contributed by atoms with E-state index in [0.29, 0.717) is 12.2 Å². The number of aliphatic hydroxyl groups is 1. The quantitative estimate of drug-likeness (QED) is 0.771. The first-order valence-electron chi connectivity index (χ1n) is 4.76. The molecule has 0 aliphatic rings. The molecular weight excluding hydrogens is 196 g/mol. The first-order chi connectivity index (χ1) is 7.17. The van der Waals surface area contributed by atoms with Gasteiger partial charge in [-0.15, -0.1) is 0 Å². The van der Waals surface area contributed by atoms with E-state index in [1.807, 2.05) is 0 Å². The Hall–Kier alpha value is -1.55. The van der Waals surface area contributed by atoms with E-state index in [2.05, 4.69) is 0 Å². The summed E-state index contributed by atoms with van der Waals surface area (Å²) >= 11 is 0. The molecule has 0 aliphatic heterocycles. The lowest BCUT2D eigenvalue weighted by Gasteiger charge is -2.13. The molecule has 15 heavy (non-hydrogen) atoms. The van der Waals surface area contributed by atoms with Crippen LogP contribution in [-0.4, -0.2) is 22.3 Å². The Labute approximate surface area is 88.1 Å². The van der Waals surface area contributed by atoms with Gasteiger partial charge in [0.1, 0.15) is 5.75 Å². The lowest BCUT2D eigenvalue weighted by atomic mass is 10.2. The van der Waals surface area contributed by atoms with Gasteiger partial charge in [0.25, 0.3) is 0 Å². The molecule has 4 heteroatoms. The predicted octanol–water partition coefficient (Wildman–Crippen LogP) is 1.42. The number of hydrogen-bond acceptors (Lipinski definition) is 3. The number of aliphatic hydroxyl groups excluding tert-OH is 1. The number of carbonyl (C=O) groups is 1. The molecule has 0 radical (unpaired) electrons. The van der Waals surface area contributed by atoms with Gasteiger partial charge in [-0.2, -0.15) is 0 Å². The minimum Gasteiger partial charge on any atom is -0.479 e. The maximum Gasteiger partial charge on any atom is 0.344 e. The molecule has 0 aliphatic carbocycles. The Balaban J connectivity index is 2.67. The molecule has 0 saturated heterocycles. The summed E-state index contributed by atoms with van der Waals surface area (Å²) in [7, 11) is 0. The Kier molecular flexibility index (Phi) is 4.12. The maximum absolute atomic E-state index is 10.7. The fourth-order valence-corrected chi connectivity index (χ4v) is 1.15. The van der Waals surface area contributed by atoms with Gasteiger partial charge in [0.15, 0.2) is 6.10 Å². The Morgan fingerprint density at radius 1 is 1.40 bits per heavy atom. The zero-order valence-electron chi connectivity index (χ0n) is 8.51. The average Bonchev–Trinajstić information content (AvgIpc) is 2.26. The first-order valence-corrected chi connectivity index (χ1v) is 4.76. The number of hydrogen-bond donors (Lipinski definition) is 2. The summed E-state index contributed by atoms with van der Waals surface area (Å²) in [6, 6.07) is 6.70. The molecule has 0 heterocycles. The standard InChI is InChI=1S/C11H14O4/c1-2-10(11(13)14)15-9-5-3-8(7-12)4-6-9/h3-6,10,12H,2,7H2,1H3,(H,13,14). The van der Waals surface area contributed by atoms with Crippen LogP contribution in [0.3, 0.4) is 0 Å². The monoisotopic (exact) mass is 210 g/mol. The predicted molar refractivity (Wildman–Crippen MR) is 54.7 cm³/mol. The van der Waals surface area contributed by atoms with Crippen LogP contribution in [0.5, 0.6) is 5.75 Å². The number of aliphatic carboxylic acids is 1. The highest BCUT2D eigenvalue weighted by Gasteiger charge is 2.16. The zero-order valence-corrected chi connectivity index (χ0v) is 8.51. The maximum atomic E-state index is 10.7. The van der Waals surface area contributed by atoms with Crippen LogP contribution in [0.15, 0.2) is 24.3 Å². The van der Waals surface area contributed by atoms with Gasteiger partial charge >= 0.3 is 5.97 Å².